The summed E-state index contributed by atoms with van der Waals surface area (Å²) in [5.74, 6) is -2.66. The maximum absolute atomic E-state index is 13.8. The van der Waals surface area contributed by atoms with Crippen molar-refractivity contribution in [3.8, 4) is 0 Å². The first-order valence-corrected chi connectivity index (χ1v) is 15.0. The molecule has 1 aliphatic carbocycles. The van der Waals surface area contributed by atoms with E-state index in [1.54, 1.807) is 12.0 Å². The first-order valence-electron chi connectivity index (χ1n) is 15.0. The molecule has 0 aromatic carbocycles. The van der Waals surface area contributed by atoms with Crippen LogP contribution in [-0.4, -0.2) is 134 Å². The van der Waals surface area contributed by atoms with Crippen molar-refractivity contribution in [1.82, 2.24) is 20.2 Å². The Labute approximate surface area is 281 Å². The normalized spacial score (nSPS) is 23.8. The molecule has 3 aliphatic rings. The minimum absolute atomic E-state index is 0.0116. The average Bonchev–Trinajstić information content (AvgIpc) is 3.47. The average molecular weight is 746 g/mol. The van der Waals surface area contributed by atoms with E-state index in [2.05, 4.69) is 15.3 Å². The zero-order valence-electron chi connectivity index (χ0n) is 27.1. The molecule has 0 radical (unpaired) electrons. The number of carbonyl (C=O) groups excluding carboxylic acids is 1. The summed E-state index contributed by atoms with van der Waals surface area (Å²) >= 11 is 0. The summed E-state index contributed by atoms with van der Waals surface area (Å²) in [5.41, 5.74) is -1.58. The zero-order valence-corrected chi connectivity index (χ0v) is 27.1. The van der Waals surface area contributed by atoms with Crippen LogP contribution in [0, 0.1) is 5.41 Å². The molecule has 1 aromatic rings. The molecule has 0 spiro atoms. The van der Waals surface area contributed by atoms with Gasteiger partial charge in [-0.1, -0.05) is 0 Å². The number of aliphatic carboxylic acids is 1. The van der Waals surface area contributed by atoms with E-state index in [1.807, 2.05) is 11.8 Å². The molecule has 288 valence electrons. The molecule has 2 aliphatic heterocycles. The molecule has 1 amide bonds. The summed E-state index contributed by atoms with van der Waals surface area (Å²) in [6.07, 6.45) is -5.37. The van der Waals surface area contributed by atoms with Gasteiger partial charge < -0.3 is 39.5 Å². The van der Waals surface area contributed by atoms with Crippen LogP contribution in [0.2, 0.25) is 0 Å². The molecular weight excluding hydrogens is 705 g/mol. The Balaban J connectivity index is 0.000000758. The van der Waals surface area contributed by atoms with E-state index in [0.717, 1.165) is 31.5 Å². The highest BCUT2D eigenvalue weighted by Gasteiger charge is 2.48. The van der Waals surface area contributed by atoms with Gasteiger partial charge in [-0.2, -0.15) is 39.5 Å². The molecule has 13 nitrogen and oxygen atoms in total. The Morgan fingerprint density at radius 2 is 1.72 bits per heavy atom. The summed E-state index contributed by atoms with van der Waals surface area (Å²) in [6, 6.07) is 1.22. The Morgan fingerprint density at radius 1 is 1.14 bits per heavy atom. The van der Waals surface area contributed by atoms with Gasteiger partial charge in [0.05, 0.1) is 24.7 Å². The highest BCUT2D eigenvalue weighted by Crippen LogP contribution is 2.41. The highest BCUT2D eigenvalue weighted by molar-refractivity contribution is 5.83. The molecule has 3 fully saturated rings. The molecule has 0 bridgehead atoms. The fraction of sp³-hybridized carbons (Fsp3) is 0.750. The van der Waals surface area contributed by atoms with Crippen molar-refractivity contribution in [1.29, 1.82) is 0 Å². The van der Waals surface area contributed by atoms with Gasteiger partial charge in [-0.15, -0.1) is 0 Å². The lowest BCUT2D eigenvalue weighted by atomic mass is 9.84. The van der Waals surface area contributed by atoms with E-state index in [9.17, 15) is 44.3 Å². The molecule has 1 aromatic heterocycles. The molecule has 3 heterocycles. The van der Waals surface area contributed by atoms with Crippen molar-refractivity contribution in [3.05, 3.63) is 18.0 Å². The predicted molar refractivity (Wildman–Crippen MR) is 155 cm³/mol. The fourth-order valence-corrected chi connectivity index (χ4v) is 5.49. The summed E-state index contributed by atoms with van der Waals surface area (Å²) in [4.78, 5) is 42.3. The number of ether oxygens (including phenoxy) is 3. The minimum Gasteiger partial charge on any atom is -0.483 e. The van der Waals surface area contributed by atoms with Crippen LogP contribution in [0.1, 0.15) is 38.3 Å². The summed E-state index contributed by atoms with van der Waals surface area (Å²) in [6.45, 7) is 1.68. The third-order valence-corrected chi connectivity index (χ3v) is 7.73. The molecular formula is C28H40F9N5O8. The Kier molecular flexibility index (Phi) is 18.7. The number of hydrogen-bond acceptors (Lipinski definition) is 10. The minimum atomic E-state index is -5.08. The van der Waals surface area contributed by atoms with Gasteiger partial charge in [0.15, 0.2) is 0 Å². The number of aromatic nitrogens is 2. The number of carbonyl (C=O) groups is 3. The van der Waals surface area contributed by atoms with Gasteiger partial charge in [0.25, 0.3) is 6.47 Å². The van der Waals surface area contributed by atoms with Crippen LogP contribution < -0.4 is 10.2 Å². The lowest BCUT2D eigenvalue weighted by Gasteiger charge is -2.40. The van der Waals surface area contributed by atoms with Gasteiger partial charge in [-0.05, 0) is 38.7 Å². The highest BCUT2D eigenvalue weighted by atomic mass is 19.4. The van der Waals surface area contributed by atoms with Crippen LogP contribution in [0.25, 0.3) is 0 Å². The van der Waals surface area contributed by atoms with E-state index in [0.29, 0.717) is 59.0 Å². The smallest absolute Gasteiger partial charge is 0.483 e. The maximum Gasteiger partial charge on any atom is 0.490 e. The second-order valence-electron chi connectivity index (χ2n) is 10.9. The van der Waals surface area contributed by atoms with Crippen molar-refractivity contribution in [2.75, 3.05) is 64.6 Å². The van der Waals surface area contributed by atoms with E-state index < -0.39 is 36.1 Å². The molecule has 2 unspecified atom stereocenters. The van der Waals surface area contributed by atoms with Crippen molar-refractivity contribution in [3.63, 3.8) is 0 Å². The van der Waals surface area contributed by atoms with Crippen molar-refractivity contribution >= 4 is 24.3 Å². The lowest BCUT2D eigenvalue weighted by molar-refractivity contribution is -0.192. The van der Waals surface area contributed by atoms with E-state index in [-0.39, 0.29) is 36.5 Å². The number of piperazine rings is 1. The predicted octanol–water partition coefficient (Wildman–Crippen LogP) is 3.63. The molecule has 4 rings (SSSR count). The van der Waals surface area contributed by atoms with E-state index in [4.69, 9.17) is 34.0 Å². The number of rotatable bonds is 8. The number of halogens is 9. The van der Waals surface area contributed by atoms with Gasteiger partial charge in [0.1, 0.15) is 5.69 Å². The largest absolute Gasteiger partial charge is 0.490 e. The van der Waals surface area contributed by atoms with Gasteiger partial charge in [-0.25, -0.2) is 14.8 Å². The molecule has 3 N–H and O–H groups in total. The summed E-state index contributed by atoms with van der Waals surface area (Å²) < 4.78 is 117. The topological polar surface area (TPSA) is 164 Å². The van der Waals surface area contributed by atoms with E-state index in [1.165, 1.54) is 0 Å². The number of methoxy groups -OCH3 is 1. The van der Waals surface area contributed by atoms with Crippen LogP contribution >= 0.6 is 0 Å². The molecule has 1 saturated carbocycles. The Bertz CT molecular complexity index is 1170. The van der Waals surface area contributed by atoms with E-state index >= 15 is 0 Å². The third-order valence-electron chi connectivity index (χ3n) is 7.73. The number of nitrogens with zero attached hydrogens (tertiary/aromatic N) is 4. The van der Waals surface area contributed by atoms with Gasteiger partial charge >= 0.3 is 25.0 Å². The van der Waals surface area contributed by atoms with Crippen molar-refractivity contribution in [2.45, 2.75) is 69.8 Å². The summed E-state index contributed by atoms with van der Waals surface area (Å²) in [5, 5.41) is 17.7. The zero-order chi connectivity index (χ0) is 38.1. The second-order valence-corrected chi connectivity index (χ2v) is 10.9. The van der Waals surface area contributed by atoms with Crippen molar-refractivity contribution in [2.24, 2.45) is 5.41 Å². The van der Waals surface area contributed by atoms with Gasteiger partial charge in [-0.3, -0.25) is 9.59 Å². The van der Waals surface area contributed by atoms with Gasteiger partial charge in [0.2, 0.25) is 11.9 Å². The number of carboxylic acids is 1. The van der Waals surface area contributed by atoms with Crippen LogP contribution in [-0.2, 0) is 34.8 Å². The third kappa shape index (κ3) is 14.8. The van der Waals surface area contributed by atoms with Crippen molar-refractivity contribution < 1.29 is 78.3 Å². The maximum atomic E-state index is 13.8. The monoisotopic (exact) mass is 745 g/mol. The fourth-order valence-electron chi connectivity index (χ4n) is 5.49. The Hall–Kier alpha value is -3.50. The Morgan fingerprint density at radius 3 is 2.22 bits per heavy atom. The summed E-state index contributed by atoms with van der Waals surface area (Å²) in [7, 11) is 1.69. The van der Waals surface area contributed by atoms with Crippen LogP contribution in [0.15, 0.2) is 12.3 Å². The number of anilines is 1. The van der Waals surface area contributed by atoms with Crippen LogP contribution in [0.5, 0.6) is 0 Å². The SMILES string of the molecule is CCOC[C@]1(C(=O)N2CCN(c3nccc(C(F)(F)F)n3)CC2)CC[C@@H](NC2CCOCC2OC)C1.FC(F)F.O=C(O)C(F)(F)F.O=CO. The number of nitrogens with one attached hydrogen (secondary N) is 1. The number of hydrogen-bond donors (Lipinski definition) is 3. The van der Waals surface area contributed by atoms with Crippen LogP contribution in [0.3, 0.4) is 0 Å². The second kappa shape index (κ2) is 21.0. The standard InChI is InChI=1S/C24H36F3N5O4.C2HF3O2.CHF3.CH2O2/c1-3-35-16-23(7-4-17(14-23)29-18-6-13-36-15-19(18)34-2)21(33)31-9-11-32(12-10-31)22-28-8-5-20(30-22)24(25,26)27;3-2(4,5)1(6)7;2-1(3)4;2-1-3/h5,8,17-19,29H,3-4,6-7,9-16H2,1-2H3;(H,6,7);1H;1H,(H,2,3)/t17-,18?,19?,23+;;;/m1.../s1. The lowest BCUT2D eigenvalue weighted by Crippen LogP contribution is -2.55. The molecule has 2 saturated heterocycles. The molecule has 50 heavy (non-hydrogen) atoms. The first-order chi connectivity index (χ1) is 23.3. The van der Waals surface area contributed by atoms with Crippen LogP contribution in [0.4, 0.5) is 45.5 Å². The number of amides is 1. The first kappa shape index (κ1) is 44.5. The number of alkyl halides is 9. The number of carboxylic acid groups (broad SMARTS) is 2. The molecule has 4 atom stereocenters. The molecule has 22 heteroatoms. The quantitative estimate of drug-likeness (QED) is 0.262. The van der Waals surface area contributed by atoms with Gasteiger partial charge in [0, 0.05) is 64.8 Å².